The second-order valence-corrected chi connectivity index (χ2v) is 12.5. The largest absolute Gasteiger partial charge is 0.379 e. The molecule has 1 aliphatic heterocycles. The summed E-state index contributed by atoms with van der Waals surface area (Å²) < 4.78 is 32.7. The highest BCUT2D eigenvalue weighted by atomic mass is 32.2. The maximum atomic E-state index is 12.6. The lowest BCUT2D eigenvalue weighted by atomic mass is 10.1. The normalized spacial score (nSPS) is 14.2. The molecule has 0 aliphatic carbocycles. The first-order valence-corrected chi connectivity index (χ1v) is 15.8. The van der Waals surface area contributed by atoms with Gasteiger partial charge in [-0.25, -0.2) is 23.1 Å². The molecule has 0 unspecified atom stereocenters. The summed E-state index contributed by atoms with van der Waals surface area (Å²) in [5.41, 5.74) is 4.35. The Balaban J connectivity index is 1.16. The number of hydrogen-bond donors (Lipinski definition) is 0. The van der Waals surface area contributed by atoms with Gasteiger partial charge in [0.05, 0.1) is 43.1 Å². The van der Waals surface area contributed by atoms with Crippen LogP contribution in [0, 0.1) is 0 Å². The number of sulfone groups is 1. The lowest BCUT2D eigenvalue weighted by molar-refractivity contribution is 0.0360. The van der Waals surface area contributed by atoms with E-state index in [1.807, 2.05) is 41.3 Å². The van der Waals surface area contributed by atoms with Gasteiger partial charge in [0.1, 0.15) is 0 Å². The van der Waals surface area contributed by atoms with E-state index in [2.05, 4.69) is 25.1 Å². The van der Waals surface area contributed by atoms with E-state index < -0.39 is 9.84 Å². The van der Waals surface area contributed by atoms with Crippen LogP contribution < -0.4 is 5.56 Å². The van der Waals surface area contributed by atoms with Crippen LogP contribution in [0.3, 0.4) is 0 Å². The summed E-state index contributed by atoms with van der Waals surface area (Å²) in [7, 11) is -3.37. The molecule has 2 aromatic carbocycles. The molecular formula is C31H31N7O4S. The maximum Gasteiger partial charge on any atom is 0.267 e. The maximum absolute atomic E-state index is 12.6. The van der Waals surface area contributed by atoms with Crippen LogP contribution in [0.2, 0.25) is 0 Å². The zero-order valence-corrected chi connectivity index (χ0v) is 24.5. The molecule has 0 atom stereocenters. The monoisotopic (exact) mass is 597 g/mol. The molecule has 4 heterocycles. The van der Waals surface area contributed by atoms with Gasteiger partial charge in [-0.2, -0.15) is 10.2 Å². The third-order valence-electron chi connectivity index (χ3n) is 7.31. The van der Waals surface area contributed by atoms with Gasteiger partial charge in [0.25, 0.3) is 5.56 Å². The molecule has 1 aliphatic rings. The summed E-state index contributed by atoms with van der Waals surface area (Å²) in [5, 5.41) is 9.01. The average molecular weight is 598 g/mol. The van der Waals surface area contributed by atoms with Gasteiger partial charge in [-0.15, -0.1) is 0 Å². The predicted octanol–water partition coefficient (Wildman–Crippen LogP) is 3.01. The van der Waals surface area contributed by atoms with E-state index in [4.69, 9.17) is 4.74 Å². The zero-order chi connectivity index (χ0) is 29.8. The van der Waals surface area contributed by atoms with E-state index >= 15 is 0 Å². The van der Waals surface area contributed by atoms with E-state index in [0.29, 0.717) is 17.1 Å². The molecule has 0 saturated carbocycles. The van der Waals surface area contributed by atoms with Crippen LogP contribution in [0.4, 0.5) is 0 Å². The van der Waals surface area contributed by atoms with Crippen molar-refractivity contribution in [3.05, 3.63) is 101 Å². The van der Waals surface area contributed by atoms with Crippen LogP contribution >= 0.6 is 0 Å². The summed E-state index contributed by atoms with van der Waals surface area (Å²) in [4.78, 5) is 24.4. The Bertz CT molecular complexity index is 1900. The van der Waals surface area contributed by atoms with E-state index in [1.165, 1.54) is 16.8 Å². The predicted molar refractivity (Wildman–Crippen MR) is 162 cm³/mol. The van der Waals surface area contributed by atoms with Crippen molar-refractivity contribution in [1.82, 2.24) is 34.4 Å². The number of aromatic nitrogens is 6. The van der Waals surface area contributed by atoms with Crippen LogP contribution in [0.15, 0.2) is 95.1 Å². The number of morpholine rings is 1. The molecule has 1 saturated heterocycles. The Labute approximate surface area is 249 Å². The fraction of sp³-hybridized carbons (Fsp3) is 0.258. The first kappa shape index (κ1) is 28.6. The summed E-state index contributed by atoms with van der Waals surface area (Å²) in [6.45, 7) is 5.43. The SMILES string of the molecule is CS(=O)(=O)c1cccc(-c2ccc(=O)n(Cc3cccc(-c4ncc(-c5cnn(CCN6CCOCC6)c5)cn4)c3)n2)c1. The molecule has 0 amide bonds. The Morgan fingerprint density at radius 1 is 0.837 bits per heavy atom. The van der Waals surface area contributed by atoms with Gasteiger partial charge in [-0.05, 0) is 29.8 Å². The zero-order valence-electron chi connectivity index (χ0n) is 23.7. The minimum atomic E-state index is -3.37. The highest BCUT2D eigenvalue weighted by Crippen LogP contribution is 2.22. The third-order valence-corrected chi connectivity index (χ3v) is 8.42. The van der Waals surface area contributed by atoms with Gasteiger partial charge in [-0.3, -0.25) is 14.4 Å². The number of rotatable bonds is 9. The number of ether oxygens (including phenoxy) is 1. The van der Waals surface area contributed by atoms with E-state index in [0.717, 1.165) is 67.9 Å². The molecule has 11 nitrogen and oxygen atoms in total. The molecule has 1 fully saturated rings. The molecule has 6 rings (SSSR count). The molecule has 0 radical (unpaired) electrons. The Morgan fingerprint density at radius 3 is 2.40 bits per heavy atom. The van der Waals surface area contributed by atoms with Crippen molar-refractivity contribution in [2.75, 3.05) is 39.1 Å². The fourth-order valence-electron chi connectivity index (χ4n) is 4.91. The van der Waals surface area contributed by atoms with Crippen molar-refractivity contribution in [3.63, 3.8) is 0 Å². The summed E-state index contributed by atoms with van der Waals surface area (Å²) in [5.74, 6) is 0.567. The standard InChI is InChI=1S/C31H31N7O4S/c1-43(40,41)28-7-3-5-24(17-28)29-8-9-30(39)38(35-29)21-23-4-2-6-25(16-23)31-32-18-26(19-33-31)27-20-34-37(22-27)11-10-36-12-14-42-15-13-36/h2-9,16-20,22H,10-15,21H2,1H3. The van der Waals surface area contributed by atoms with Crippen molar-refractivity contribution in [2.45, 2.75) is 18.0 Å². The smallest absolute Gasteiger partial charge is 0.267 e. The van der Waals surface area contributed by atoms with E-state index in [1.54, 1.807) is 36.7 Å². The first-order chi connectivity index (χ1) is 20.8. The number of benzene rings is 2. The van der Waals surface area contributed by atoms with Crippen LogP contribution in [0.5, 0.6) is 0 Å². The molecule has 5 aromatic rings. The summed E-state index contributed by atoms with van der Waals surface area (Å²) in [6.07, 6.45) is 8.58. The quantitative estimate of drug-likeness (QED) is 0.252. The highest BCUT2D eigenvalue weighted by molar-refractivity contribution is 7.90. The first-order valence-electron chi connectivity index (χ1n) is 13.9. The Kier molecular flexibility index (Phi) is 8.23. The Morgan fingerprint density at radius 2 is 1.60 bits per heavy atom. The van der Waals surface area contributed by atoms with Gasteiger partial charge in [0.2, 0.25) is 0 Å². The molecular weight excluding hydrogens is 566 g/mol. The van der Waals surface area contributed by atoms with Crippen LogP contribution in [-0.4, -0.2) is 82.0 Å². The second-order valence-electron chi connectivity index (χ2n) is 10.5. The number of hydrogen-bond acceptors (Lipinski definition) is 9. The molecule has 0 N–H and O–H groups in total. The van der Waals surface area contributed by atoms with Crippen LogP contribution in [-0.2, 0) is 27.7 Å². The molecule has 12 heteroatoms. The molecule has 3 aromatic heterocycles. The van der Waals surface area contributed by atoms with Crippen molar-refractivity contribution < 1.29 is 13.2 Å². The van der Waals surface area contributed by atoms with E-state index in [9.17, 15) is 13.2 Å². The van der Waals surface area contributed by atoms with Crippen molar-refractivity contribution >= 4 is 9.84 Å². The molecule has 0 spiro atoms. The lowest BCUT2D eigenvalue weighted by Gasteiger charge is -2.26. The minimum absolute atomic E-state index is 0.195. The molecule has 220 valence electrons. The second kappa shape index (κ2) is 12.4. The van der Waals surface area contributed by atoms with Crippen molar-refractivity contribution in [1.29, 1.82) is 0 Å². The van der Waals surface area contributed by atoms with E-state index in [-0.39, 0.29) is 17.0 Å². The topological polar surface area (TPSA) is 125 Å². The van der Waals surface area contributed by atoms with Gasteiger partial charge < -0.3 is 4.74 Å². The van der Waals surface area contributed by atoms with Crippen molar-refractivity contribution in [3.8, 4) is 33.8 Å². The van der Waals surface area contributed by atoms with Gasteiger partial charge in [-0.1, -0.05) is 30.3 Å². The van der Waals surface area contributed by atoms with Crippen LogP contribution in [0.1, 0.15) is 5.56 Å². The molecule has 0 bridgehead atoms. The van der Waals surface area contributed by atoms with Gasteiger partial charge in [0.15, 0.2) is 15.7 Å². The average Bonchev–Trinajstić information content (AvgIpc) is 3.51. The Hall–Kier alpha value is -4.52. The lowest BCUT2D eigenvalue weighted by Crippen LogP contribution is -2.38. The summed E-state index contributed by atoms with van der Waals surface area (Å²) in [6, 6.07) is 17.2. The molecule has 43 heavy (non-hydrogen) atoms. The summed E-state index contributed by atoms with van der Waals surface area (Å²) >= 11 is 0. The third kappa shape index (κ3) is 6.94. The fourth-order valence-corrected chi connectivity index (χ4v) is 5.58. The van der Waals surface area contributed by atoms with Crippen molar-refractivity contribution in [2.24, 2.45) is 0 Å². The highest BCUT2D eigenvalue weighted by Gasteiger charge is 2.13. The number of nitrogens with zero attached hydrogens (tertiary/aromatic N) is 7. The van der Waals surface area contributed by atoms with Crippen LogP contribution in [0.25, 0.3) is 33.8 Å². The van der Waals surface area contributed by atoms with Gasteiger partial charge in [0, 0.05) is 72.8 Å². The minimum Gasteiger partial charge on any atom is -0.379 e. The van der Waals surface area contributed by atoms with Gasteiger partial charge >= 0.3 is 0 Å².